The largest absolute Gasteiger partial charge is 0.365 e. The highest BCUT2D eigenvalue weighted by atomic mass is 35.5. The molecule has 3 rings (SSSR count). The van der Waals surface area contributed by atoms with Crippen LogP contribution in [-0.4, -0.2) is 15.3 Å². The molecular weight excluding hydrogens is 281 g/mol. The molecule has 1 aromatic carbocycles. The first-order chi connectivity index (χ1) is 7.25. The number of nitrogens with two attached hydrogens (primary N) is 1. The lowest BCUT2D eigenvalue weighted by Crippen LogP contribution is -2.08. The third-order valence-corrected chi connectivity index (χ3v) is 3.25. The van der Waals surface area contributed by atoms with Gasteiger partial charge in [-0.2, -0.15) is 0 Å². The van der Waals surface area contributed by atoms with E-state index in [2.05, 4.69) is 4.98 Å². The van der Waals surface area contributed by atoms with Crippen LogP contribution in [0.2, 0.25) is 0 Å². The predicted octanol–water partition coefficient (Wildman–Crippen LogP) is 2.49. The second-order valence-corrected chi connectivity index (χ2v) is 4.22. The number of thiazole rings is 1. The van der Waals surface area contributed by atoms with Crippen molar-refractivity contribution in [1.82, 2.24) is 9.38 Å². The number of rotatable bonds is 1. The molecule has 2 heterocycles. The van der Waals surface area contributed by atoms with Gasteiger partial charge in [-0.25, -0.2) is 4.98 Å². The number of carbonyl (C=O) groups excluding carboxylic acids is 1. The van der Waals surface area contributed by atoms with Crippen LogP contribution in [0.3, 0.4) is 0 Å². The van der Waals surface area contributed by atoms with Crippen LogP contribution in [0.1, 0.15) is 9.67 Å². The summed E-state index contributed by atoms with van der Waals surface area (Å²) in [6.07, 6.45) is 1.73. The van der Waals surface area contributed by atoms with Gasteiger partial charge in [0.15, 0.2) is 4.96 Å². The monoisotopic (exact) mass is 289 g/mol. The summed E-state index contributed by atoms with van der Waals surface area (Å²) in [5.74, 6) is -0.408. The van der Waals surface area contributed by atoms with Crippen molar-refractivity contribution < 1.29 is 4.79 Å². The Balaban J connectivity index is 0.000000722. The molecule has 2 aromatic heterocycles. The van der Waals surface area contributed by atoms with Crippen LogP contribution in [0, 0.1) is 0 Å². The van der Waals surface area contributed by atoms with E-state index in [0.717, 1.165) is 16.0 Å². The Hall–Kier alpha value is -1.30. The number of imidazole rings is 1. The van der Waals surface area contributed by atoms with Crippen LogP contribution in [0.25, 0.3) is 16.0 Å². The first kappa shape index (κ1) is 13.8. The molecule has 0 bridgehead atoms. The normalized spacial score (nSPS) is 9.88. The van der Waals surface area contributed by atoms with Gasteiger partial charge in [-0.05, 0) is 12.1 Å². The highest BCUT2D eigenvalue weighted by molar-refractivity contribution is 7.18. The van der Waals surface area contributed by atoms with Gasteiger partial charge in [0.2, 0.25) is 0 Å². The fourth-order valence-electron chi connectivity index (χ4n) is 1.57. The first-order valence-corrected chi connectivity index (χ1v) is 5.24. The molecule has 0 unspecified atom stereocenters. The van der Waals surface area contributed by atoms with E-state index in [1.807, 2.05) is 28.7 Å². The number of primary amides is 1. The second kappa shape index (κ2) is 4.91. The van der Waals surface area contributed by atoms with Crippen LogP contribution < -0.4 is 5.73 Å². The highest BCUT2D eigenvalue weighted by Gasteiger charge is 2.10. The number of amides is 1. The standard InChI is InChI=1S/C10H7N3OS.2ClH/c11-9(14)8-5-13-7-4-2-1-3-6(7)12-10(13)15-8;;/h1-5H,(H2,11,14);2*1H. The number of nitrogens with zero attached hydrogens (tertiary/aromatic N) is 2. The molecule has 0 aliphatic rings. The maximum atomic E-state index is 11.0. The van der Waals surface area contributed by atoms with Crippen LogP contribution in [-0.2, 0) is 0 Å². The van der Waals surface area contributed by atoms with Gasteiger partial charge in [0.1, 0.15) is 4.88 Å². The zero-order valence-corrected chi connectivity index (χ0v) is 10.9. The molecule has 7 heteroatoms. The third-order valence-electron chi connectivity index (χ3n) is 2.25. The molecule has 0 radical (unpaired) electrons. The summed E-state index contributed by atoms with van der Waals surface area (Å²) in [5, 5.41) is 0. The number of halogens is 2. The van der Waals surface area contributed by atoms with E-state index in [9.17, 15) is 4.79 Å². The summed E-state index contributed by atoms with van der Waals surface area (Å²) in [5.41, 5.74) is 7.14. The van der Waals surface area contributed by atoms with E-state index in [0.29, 0.717) is 4.88 Å². The van der Waals surface area contributed by atoms with Crippen molar-refractivity contribution in [3.05, 3.63) is 35.3 Å². The van der Waals surface area contributed by atoms with Crippen LogP contribution in [0.15, 0.2) is 30.5 Å². The van der Waals surface area contributed by atoms with Crippen LogP contribution in [0.5, 0.6) is 0 Å². The van der Waals surface area contributed by atoms with E-state index in [4.69, 9.17) is 5.73 Å². The minimum atomic E-state index is -0.408. The Morgan fingerprint density at radius 1 is 1.29 bits per heavy atom. The molecular formula is C10H9Cl2N3OS. The van der Waals surface area contributed by atoms with E-state index in [-0.39, 0.29) is 24.8 Å². The van der Waals surface area contributed by atoms with Crippen molar-refractivity contribution in [2.24, 2.45) is 5.73 Å². The Morgan fingerprint density at radius 2 is 2.00 bits per heavy atom. The van der Waals surface area contributed by atoms with Crippen LogP contribution in [0.4, 0.5) is 0 Å². The summed E-state index contributed by atoms with van der Waals surface area (Å²) in [7, 11) is 0. The van der Waals surface area contributed by atoms with Gasteiger partial charge in [-0.3, -0.25) is 9.20 Å². The zero-order valence-electron chi connectivity index (χ0n) is 8.49. The molecule has 0 saturated heterocycles. The summed E-state index contributed by atoms with van der Waals surface area (Å²) < 4.78 is 1.89. The molecule has 0 atom stereocenters. The number of aromatic nitrogens is 2. The average molecular weight is 290 g/mol. The first-order valence-electron chi connectivity index (χ1n) is 4.42. The van der Waals surface area contributed by atoms with Gasteiger partial charge in [0, 0.05) is 6.20 Å². The molecule has 0 aliphatic heterocycles. The van der Waals surface area contributed by atoms with Crippen LogP contribution >= 0.6 is 36.2 Å². The number of fused-ring (bicyclic) bond motifs is 3. The van der Waals surface area contributed by atoms with E-state index < -0.39 is 5.91 Å². The lowest BCUT2D eigenvalue weighted by atomic mass is 10.3. The SMILES string of the molecule is Cl.Cl.NC(=O)c1cn2c(nc3ccccc32)s1. The highest BCUT2D eigenvalue weighted by Crippen LogP contribution is 2.22. The summed E-state index contributed by atoms with van der Waals surface area (Å²) in [6, 6.07) is 7.79. The molecule has 0 spiro atoms. The Kier molecular flexibility index (Phi) is 3.98. The molecule has 4 nitrogen and oxygen atoms in total. The van der Waals surface area contributed by atoms with Gasteiger partial charge >= 0.3 is 0 Å². The van der Waals surface area contributed by atoms with Crippen molar-refractivity contribution in [2.75, 3.05) is 0 Å². The zero-order chi connectivity index (χ0) is 10.4. The maximum absolute atomic E-state index is 11.0. The maximum Gasteiger partial charge on any atom is 0.260 e. The van der Waals surface area contributed by atoms with Crippen molar-refractivity contribution >= 4 is 58.1 Å². The molecule has 1 amide bonds. The molecule has 0 saturated carbocycles. The Morgan fingerprint density at radius 3 is 2.71 bits per heavy atom. The van der Waals surface area contributed by atoms with Gasteiger partial charge in [0.05, 0.1) is 11.0 Å². The minimum absolute atomic E-state index is 0. The van der Waals surface area contributed by atoms with E-state index in [1.54, 1.807) is 6.20 Å². The van der Waals surface area contributed by atoms with Gasteiger partial charge in [0.25, 0.3) is 5.91 Å². The number of hydrogen-bond acceptors (Lipinski definition) is 3. The van der Waals surface area contributed by atoms with E-state index in [1.165, 1.54) is 11.3 Å². The minimum Gasteiger partial charge on any atom is -0.365 e. The molecule has 0 fully saturated rings. The lowest BCUT2D eigenvalue weighted by Gasteiger charge is -1.88. The summed E-state index contributed by atoms with van der Waals surface area (Å²) in [6.45, 7) is 0. The van der Waals surface area contributed by atoms with Gasteiger partial charge in [-0.1, -0.05) is 23.5 Å². The molecule has 3 aromatic rings. The molecule has 0 aliphatic carbocycles. The Labute approximate surface area is 113 Å². The third kappa shape index (κ3) is 2.09. The summed E-state index contributed by atoms with van der Waals surface area (Å²) >= 11 is 1.31. The van der Waals surface area contributed by atoms with Crippen molar-refractivity contribution in [1.29, 1.82) is 0 Å². The number of para-hydroxylation sites is 2. The van der Waals surface area contributed by atoms with Gasteiger partial charge in [-0.15, -0.1) is 24.8 Å². The van der Waals surface area contributed by atoms with E-state index >= 15 is 0 Å². The molecule has 2 N–H and O–H groups in total. The predicted molar refractivity (Wildman–Crippen MR) is 73.6 cm³/mol. The van der Waals surface area contributed by atoms with Crippen molar-refractivity contribution in [3.8, 4) is 0 Å². The quantitative estimate of drug-likeness (QED) is 0.748. The Bertz CT molecular complexity index is 676. The average Bonchev–Trinajstić information content (AvgIpc) is 2.73. The number of benzene rings is 1. The smallest absolute Gasteiger partial charge is 0.260 e. The van der Waals surface area contributed by atoms with Crippen molar-refractivity contribution in [3.63, 3.8) is 0 Å². The number of hydrogen-bond donors (Lipinski definition) is 1. The van der Waals surface area contributed by atoms with Crippen molar-refractivity contribution in [2.45, 2.75) is 0 Å². The van der Waals surface area contributed by atoms with Gasteiger partial charge < -0.3 is 5.73 Å². The topological polar surface area (TPSA) is 60.4 Å². The summed E-state index contributed by atoms with van der Waals surface area (Å²) in [4.78, 5) is 16.7. The fourth-order valence-corrected chi connectivity index (χ4v) is 2.42. The fraction of sp³-hybridized carbons (Fsp3) is 0. The number of carbonyl (C=O) groups is 1. The molecule has 90 valence electrons. The molecule has 17 heavy (non-hydrogen) atoms. The lowest BCUT2D eigenvalue weighted by molar-refractivity contribution is 0.100. The second-order valence-electron chi connectivity index (χ2n) is 3.21.